The fraction of sp³-hybridized carbons (Fsp3) is 0.174. The van der Waals surface area contributed by atoms with Crippen molar-refractivity contribution in [3.8, 4) is 0 Å². The molecule has 1 atom stereocenters. The number of halogens is 1. The number of carbonyl (C=O) groups is 3. The van der Waals surface area contributed by atoms with Crippen molar-refractivity contribution in [2.75, 3.05) is 6.54 Å². The van der Waals surface area contributed by atoms with Crippen LogP contribution in [0.15, 0.2) is 69.9 Å². The van der Waals surface area contributed by atoms with Crippen LogP contribution in [0.5, 0.6) is 0 Å². The molecule has 2 heterocycles. The minimum atomic E-state index is -0.463. The number of hydrogen-bond acceptors (Lipinski definition) is 4. The Kier molecular flexibility index (Phi) is 5.55. The largest absolute Gasteiger partial charge is 0.457 e. The van der Waals surface area contributed by atoms with Crippen molar-refractivity contribution in [2.24, 2.45) is 0 Å². The fourth-order valence-electron chi connectivity index (χ4n) is 3.59. The molecule has 152 valence electrons. The lowest BCUT2D eigenvalue weighted by atomic mass is 10.0. The Morgan fingerprint density at radius 2 is 1.70 bits per heavy atom. The van der Waals surface area contributed by atoms with Crippen molar-refractivity contribution in [3.63, 3.8) is 0 Å². The van der Waals surface area contributed by atoms with Crippen molar-refractivity contribution in [2.45, 2.75) is 19.4 Å². The average molecular weight is 467 g/mol. The third-order valence-electron chi connectivity index (χ3n) is 5.17. The van der Waals surface area contributed by atoms with E-state index < -0.39 is 6.04 Å². The van der Waals surface area contributed by atoms with E-state index in [0.29, 0.717) is 27.8 Å². The molecule has 0 spiro atoms. The number of aryl methyl sites for hydroxylation is 1. The maximum absolute atomic E-state index is 12.8. The minimum Gasteiger partial charge on any atom is -0.457 e. The molecule has 0 radical (unpaired) electrons. The van der Waals surface area contributed by atoms with Crippen LogP contribution in [0.25, 0.3) is 0 Å². The Balaban J connectivity index is 1.59. The van der Waals surface area contributed by atoms with Gasteiger partial charge in [0.2, 0.25) is 0 Å². The Morgan fingerprint density at radius 3 is 2.30 bits per heavy atom. The lowest BCUT2D eigenvalue weighted by Gasteiger charge is -2.24. The van der Waals surface area contributed by atoms with Gasteiger partial charge in [-0.15, -0.1) is 0 Å². The molecule has 1 aliphatic heterocycles. The fourth-order valence-corrected chi connectivity index (χ4v) is 3.93. The first-order chi connectivity index (χ1) is 14.4. The number of imide groups is 1. The van der Waals surface area contributed by atoms with E-state index in [1.807, 2.05) is 31.2 Å². The minimum absolute atomic E-state index is 0.0748. The van der Waals surface area contributed by atoms with Crippen LogP contribution < -0.4 is 5.32 Å². The zero-order valence-corrected chi connectivity index (χ0v) is 17.8. The first-order valence-electron chi connectivity index (χ1n) is 9.48. The predicted octanol–water partition coefficient (Wildman–Crippen LogP) is 3.99. The zero-order chi connectivity index (χ0) is 21.3. The maximum Gasteiger partial charge on any atom is 0.261 e. The van der Waals surface area contributed by atoms with Gasteiger partial charge in [0, 0.05) is 12.6 Å². The van der Waals surface area contributed by atoms with Crippen molar-refractivity contribution in [1.82, 2.24) is 10.2 Å². The Labute approximate surface area is 182 Å². The third kappa shape index (κ3) is 3.93. The molecule has 1 aliphatic rings. The van der Waals surface area contributed by atoms with Gasteiger partial charge in [-0.25, -0.2) is 0 Å². The van der Waals surface area contributed by atoms with Crippen LogP contribution >= 0.6 is 15.9 Å². The van der Waals surface area contributed by atoms with Gasteiger partial charge in [-0.2, -0.15) is 0 Å². The normalized spacial score (nSPS) is 14.0. The predicted molar refractivity (Wildman–Crippen MR) is 114 cm³/mol. The monoisotopic (exact) mass is 466 g/mol. The van der Waals surface area contributed by atoms with Crippen LogP contribution in [-0.4, -0.2) is 35.2 Å². The van der Waals surface area contributed by atoms with E-state index in [1.54, 1.807) is 30.3 Å². The third-order valence-corrected chi connectivity index (χ3v) is 5.59. The summed E-state index contributed by atoms with van der Waals surface area (Å²) in [7, 11) is 0. The Bertz CT molecular complexity index is 1100. The van der Waals surface area contributed by atoms with Crippen LogP contribution in [0.2, 0.25) is 0 Å². The van der Waals surface area contributed by atoms with Crippen molar-refractivity contribution in [1.29, 1.82) is 0 Å². The quantitative estimate of drug-likeness (QED) is 0.557. The molecule has 3 amide bonds. The lowest BCUT2D eigenvalue weighted by molar-refractivity contribution is 0.0628. The molecular formula is C23H19BrN2O4. The van der Waals surface area contributed by atoms with E-state index in [2.05, 4.69) is 21.2 Å². The second-order valence-corrected chi connectivity index (χ2v) is 7.99. The first-order valence-corrected chi connectivity index (χ1v) is 10.3. The number of benzene rings is 2. The number of rotatable bonds is 6. The van der Waals surface area contributed by atoms with Gasteiger partial charge in [0.15, 0.2) is 4.67 Å². The number of nitrogens with one attached hydrogen (secondary N) is 1. The number of furan rings is 1. The summed E-state index contributed by atoms with van der Waals surface area (Å²) in [5.74, 6) is -1.02. The van der Waals surface area contributed by atoms with Gasteiger partial charge < -0.3 is 9.73 Å². The molecule has 0 fully saturated rings. The summed E-state index contributed by atoms with van der Waals surface area (Å²) in [5, 5.41) is 2.95. The highest BCUT2D eigenvalue weighted by Gasteiger charge is 2.36. The molecule has 0 bridgehead atoms. The molecule has 7 heteroatoms. The lowest BCUT2D eigenvalue weighted by Crippen LogP contribution is -2.47. The number of hydrogen-bond donors (Lipinski definition) is 1. The van der Waals surface area contributed by atoms with Gasteiger partial charge >= 0.3 is 0 Å². The Hall–Kier alpha value is -3.19. The van der Waals surface area contributed by atoms with Crippen LogP contribution in [0.3, 0.4) is 0 Å². The number of amides is 3. The van der Waals surface area contributed by atoms with E-state index in [1.165, 1.54) is 11.2 Å². The molecule has 30 heavy (non-hydrogen) atoms. The molecule has 1 aromatic heterocycles. The molecule has 3 aromatic rings. The molecule has 2 aromatic carbocycles. The van der Waals surface area contributed by atoms with Crippen LogP contribution in [0.4, 0.5) is 0 Å². The number of fused-ring (bicyclic) bond motifs is 1. The summed E-state index contributed by atoms with van der Waals surface area (Å²) in [6.45, 7) is 2.06. The van der Waals surface area contributed by atoms with E-state index in [4.69, 9.17) is 4.42 Å². The summed E-state index contributed by atoms with van der Waals surface area (Å²) in [6, 6.07) is 15.7. The highest BCUT2D eigenvalue weighted by Crippen LogP contribution is 2.23. The van der Waals surface area contributed by atoms with Crippen molar-refractivity contribution in [3.05, 3.63) is 93.3 Å². The molecule has 0 saturated carbocycles. The van der Waals surface area contributed by atoms with Gasteiger partial charge in [0.25, 0.3) is 17.7 Å². The first kappa shape index (κ1) is 20.1. The second kappa shape index (κ2) is 8.28. The zero-order valence-electron chi connectivity index (χ0n) is 16.2. The van der Waals surface area contributed by atoms with Crippen LogP contribution in [-0.2, 0) is 6.42 Å². The van der Waals surface area contributed by atoms with E-state index in [9.17, 15) is 14.4 Å². The maximum atomic E-state index is 12.8. The molecule has 1 N–H and O–H groups in total. The smallest absolute Gasteiger partial charge is 0.261 e. The number of carbonyl (C=O) groups excluding carboxylic acids is 3. The van der Waals surface area contributed by atoms with E-state index in [0.717, 1.165) is 11.1 Å². The molecule has 0 unspecified atom stereocenters. The van der Waals surface area contributed by atoms with Gasteiger partial charge in [0.05, 0.1) is 22.7 Å². The number of nitrogens with zero attached hydrogens (tertiary/aromatic N) is 1. The molecule has 0 aliphatic carbocycles. The van der Waals surface area contributed by atoms with Crippen LogP contribution in [0.1, 0.15) is 42.2 Å². The van der Waals surface area contributed by atoms with Crippen molar-refractivity contribution < 1.29 is 18.8 Å². The van der Waals surface area contributed by atoms with Gasteiger partial charge in [0.1, 0.15) is 6.26 Å². The van der Waals surface area contributed by atoms with E-state index in [-0.39, 0.29) is 24.3 Å². The summed E-state index contributed by atoms with van der Waals surface area (Å²) in [5.41, 5.74) is 3.25. The van der Waals surface area contributed by atoms with Gasteiger partial charge in [-0.1, -0.05) is 36.4 Å². The molecule has 6 nitrogen and oxygen atoms in total. The highest BCUT2D eigenvalue weighted by molar-refractivity contribution is 9.10. The standard InChI is InChI=1S/C23H19BrN2O4/c1-14-6-2-3-7-15(14)10-17(25-21(27)16-11-20(24)30-13-16)12-26-22(28)18-8-4-5-9-19(18)23(26)29/h2-9,11,13,17H,10,12H2,1H3,(H,25,27)/t17-/m0/s1. The van der Waals surface area contributed by atoms with Gasteiger partial charge in [-0.3, -0.25) is 19.3 Å². The molecular weight excluding hydrogens is 448 g/mol. The Morgan fingerprint density at radius 1 is 1.07 bits per heavy atom. The van der Waals surface area contributed by atoms with Gasteiger partial charge in [-0.05, 0) is 52.5 Å². The summed E-state index contributed by atoms with van der Waals surface area (Å²) < 4.78 is 5.60. The highest BCUT2D eigenvalue weighted by atomic mass is 79.9. The summed E-state index contributed by atoms with van der Waals surface area (Å²) in [6.07, 6.45) is 1.83. The average Bonchev–Trinajstić information content (AvgIpc) is 3.27. The SMILES string of the molecule is Cc1ccccc1C[C@@H](CN1C(=O)c2ccccc2C1=O)NC(=O)c1coc(Br)c1. The second-order valence-electron chi connectivity index (χ2n) is 7.21. The molecule has 0 saturated heterocycles. The van der Waals surface area contributed by atoms with Crippen LogP contribution in [0, 0.1) is 6.92 Å². The summed E-state index contributed by atoms with van der Waals surface area (Å²) >= 11 is 3.19. The topological polar surface area (TPSA) is 79.6 Å². The van der Waals surface area contributed by atoms with Crippen molar-refractivity contribution >= 4 is 33.7 Å². The molecule has 4 rings (SSSR count). The van der Waals surface area contributed by atoms with E-state index >= 15 is 0 Å². The summed E-state index contributed by atoms with van der Waals surface area (Å²) in [4.78, 5) is 39.5.